The van der Waals surface area contributed by atoms with Gasteiger partial charge < -0.3 is 15.2 Å². The van der Waals surface area contributed by atoms with Gasteiger partial charge in [-0.15, -0.1) is 0 Å². The molecule has 1 atom stereocenters. The van der Waals surface area contributed by atoms with Crippen LogP contribution in [0.15, 0.2) is 18.3 Å². The molecule has 1 aromatic heterocycles. The van der Waals surface area contributed by atoms with E-state index in [4.69, 9.17) is 4.74 Å². The van der Waals surface area contributed by atoms with Gasteiger partial charge in [0.1, 0.15) is 11.8 Å². The lowest BCUT2D eigenvalue weighted by Crippen LogP contribution is -2.42. The highest BCUT2D eigenvalue weighted by Gasteiger charge is 2.27. The van der Waals surface area contributed by atoms with E-state index in [2.05, 4.69) is 10.4 Å². The highest BCUT2D eigenvalue weighted by Crippen LogP contribution is 2.31. The first-order valence-electron chi connectivity index (χ1n) is 8.70. The third kappa shape index (κ3) is 3.42. The van der Waals surface area contributed by atoms with E-state index in [9.17, 15) is 14.7 Å². The zero-order valence-electron chi connectivity index (χ0n) is 15.2. The summed E-state index contributed by atoms with van der Waals surface area (Å²) in [6, 6.07) is 2.80. The van der Waals surface area contributed by atoms with Crippen LogP contribution in [0.4, 0.5) is 0 Å². The second-order valence-electron chi connectivity index (χ2n) is 6.53. The van der Waals surface area contributed by atoms with E-state index in [0.29, 0.717) is 17.9 Å². The monoisotopic (exact) mass is 357 g/mol. The molecule has 0 saturated heterocycles. The summed E-state index contributed by atoms with van der Waals surface area (Å²) in [5.41, 5.74) is 4.12. The fourth-order valence-corrected chi connectivity index (χ4v) is 3.15. The number of hydrogen-bond donors (Lipinski definition) is 2. The highest BCUT2D eigenvalue weighted by molar-refractivity contribution is 5.99. The molecule has 0 saturated carbocycles. The number of hydrogen-bond acceptors (Lipinski definition) is 4. The molecule has 0 fully saturated rings. The quantitative estimate of drug-likeness (QED) is 0.820. The first-order chi connectivity index (χ1) is 12.4. The fourth-order valence-electron chi connectivity index (χ4n) is 3.15. The maximum absolute atomic E-state index is 12.8. The predicted octanol–water partition coefficient (Wildman–Crippen LogP) is 1.65. The summed E-state index contributed by atoms with van der Waals surface area (Å²) in [4.78, 5) is 24.5. The number of nitrogens with one attached hydrogen (secondary N) is 1. The molecule has 2 aromatic rings. The first kappa shape index (κ1) is 18.0. The van der Waals surface area contributed by atoms with Gasteiger partial charge in [-0.2, -0.15) is 5.10 Å². The van der Waals surface area contributed by atoms with Crippen LogP contribution in [0.3, 0.4) is 0 Å². The molecule has 1 amide bonds. The van der Waals surface area contributed by atoms with E-state index in [-0.39, 0.29) is 6.42 Å². The van der Waals surface area contributed by atoms with E-state index in [1.807, 2.05) is 19.9 Å². The summed E-state index contributed by atoms with van der Waals surface area (Å²) in [6.45, 7) is 4.43. The summed E-state index contributed by atoms with van der Waals surface area (Å²) in [7, 11) is 1.80. The Bertz CT molecular complexity index is 857. The number of aliphatic carboxylic acids is 1. The molecule has 1 aliphatic heterocycles. The van der Waals surface area contributed by atoms with Crippen molar-refractivity contribution < 1.29 is 19.4 Å². The molecule has 0 aliphatic carbocycles. The van der Waals surface area contributed by atoms with E-state index in [1.54, 1.807) is 24.0 Å². The molecule has 2 N–H and O–H groups in total. The topological polar surface area (TPSA) is 93.5 Å². The van der Waals surface area contributed by atoms with E-state index in [0.717, 1.165) is 35.2 Å². The Labute approximate surface area is 152 Å². The Morgan fingerprint density at radius 3 is 2.81 bits per heavy atom. The lowest BCUT2D eigenvalue weighted by atomic mass is 10.0. The molecule has 0 radical (unpaired) electrons. The Morgan fingerprint density at radius 1 is 1.42 bits per heavy atom. The lowest BCUT2D eigenvalue weighted by Gasteiger charge is -2.16. The normalized spacial score (nSPS) is 13.8. The van der Waals surface area contributed by atoms with Gasteiger partial charge in [-0.25, -0.2) is 4.79 Å². The fraction of sp³-hybridized carbons (Fsp3) is 0.421. The van der Waals surface area contributed by atoms with Crippen molar-refractivity contribution >= 4 is 11.9 Å². The second-order valence-corrected chi connectivity index (χ2v) is 6.53. The number of rotatable bonds is 6. The van der Waals surface area contributed by atoms with Crippen molar-refractivity contribution in [2.45, 2.75) is 39.2 Å². The van der Waals surface area contributed by atoms with E-state index in [1.165, 1.54) is 0 Å². The lowest BCUT2D eigenvalue weighted by molar-refractivity contribution is -0.139. The SMILES string of the molecule is CCc1cc2c(c(C(=O)NC(Cc3cnn(C)c3C)C(=O)O)c1)OCC2. The zero-order chi connectivity index (χ0) is 18.8. The van der Waals surface area contributed by atoms with Crippen molar-refractivity contribution in [1.29, 1.82) is 0 Å². The molecular weight excluding hydrogens is 334 g/mol. The number of carbonyl (C=O) groups excluding carboxylic acids is 1. The average Bonchev–Trinajstić information content (AvgIpc) is 3.21. The summed E-state index contributed by atoms with van der Waals surface area (Å²) in [5.74, 6) is -0.931. The van der Waals surface area contributed by atoms with Crippen LogP contribution >= 0.6 is 0 Å². The number of carbonyl (C=O) groups is 2. The molecule has 7 nitrogen and oxygen atoms in total. The number of carboxylic acids is 1. The summed E-state index contributed by atoms with van der Waals surface area (Å²) < 4.78 is 7.29. The van der Waals surface area contributed by atoms with Crippen molar-refractivity contribution in [2.75, 3.05) is 6.61 Å². The number of ether oxygens (including phenoxy) is 1. The number of amides is 1. The molecule has 138 valence electrons. The predicted molar refractivity (Wildman–Crippen MR) is 95.6 cm³/mol. The molecule has 26 heavy (non-hydrogen) atoms. The average molecular weight is 357 g/mol. The molecule has 3 rings (SSSR count). The van der Waals surface area contributed by atoms with E-state index >= 15 is 0 Å². The van der Waals surface area contributed by atoms with Gasteiger partial charge in [0.15, 0.2) is 0 Å². The van der Waals surface area contributed by atoms with Gasteiger partial charge in [0.2, 0.25) is 0 Å². The van der Waals surface area contributed by atoms with Crippen LogP contribution in [0.25, 0.3) is 0 Å². The molecule has 1 aromatic carbocycles. The zero-order valence-corrected chi connectivity index (χ0v) is 15.2. The number of nitrogens with zero attached hydrogens (tertiary/aromatic N) is 2. The van der Waals surface area contributed by atoms with Crippen LogP contribution < -0.4 is 10.1 Å². The maximum Gasteiger partial charge on any atom is 0.326 e. The summed E-state index contributed by atoms with van der Waals surface area (Å²) in [5, 5.41) is 16.3. The Kier molecular flexibility index (Phi) is 4.97. The number of carboxylic acid groups (broad SMARTS) is 1. The maximum atomic E-state index is 12.8. The van der Waals surface area contributed by atoms with Crippen LogP contribution in [0.1, 0.15) is 39.7 Å². The Hall–Kier alpha value is -2.83. The molecule has 7 heteroatoms. The van der Waals surface area contributed by atoms with Crippen molar-refractivity contribution in [3.8, 4) is 5.75 Å². The number of aryl methyl sites for hydroxylation is 2. The van der Waals surface area contributed by atoms with Gasteiger partial charge in [-0.1, -0.05) is 13.0 Å². The van der Waals surface area contributed by atoms with Crippen molar-refractivity contribution in [3.05, 3.63) is 46.3 Å². The minimum absolute atomic E-state index is 0.178. The van der Waals surface area contributed by atoms with Gasteiger partial charge >= 0.3 is 5.97 Å². The highest BCUT2D eigenvalue weighted by atomic mass is 16.5. The van der Waals surface area contributed by atoms with Gasteiger partial charge in [-0.05, 0) is 36.1 Å². The van der Waals surface area contributed by atoms with Crippen molar-refractivity contribution in [1.82, 2.24) is 15.1 Å². The summed E-state index contributed by atoms with van der Waals surface area (Å²) >= 11 is 0. The molecule has 1 unspecified atom stereocenters. The first-order valence-corrected chi connectivity index (χ1v) is 8.70. The molecule has 0 spiro atoms. The van der Waals surface area contributed by atoms with Gasteiger partial charge in [0.25, 0.3) is 5.91 Å². The van der Waals surface area contributed by atoms with Crippen LogP contribution in [0.2, 0.25) is 0 Å². The van der Waals surface area contributed by atoms with Crippen LogP contribution in [0, 0.1) is 6.92 Å². The Balaban J connectivity index is 1.84. The minimum atomic E-state index is -1.08. The van der Waals surface area contributed by atoms with Crippen molar-refractivity contribution in [2.24, 2.45) is 7.05 Å². The van der Waals surface area contributed by atoms with Crippen LogP contribution in [-0.4, -0.2) is 39.4 Å². The van der Waals surface area contributed by atoms with Crippen molar-refractivity contribution in [3.63, 3.8) is 0 Å². The van der Waals surface area contributed by atoms with Gasteiger partial charge in [0, 0.05) is 25.6 Å². The molecule has 1 aliphatic rings. The largest absolute Gasteiger partial charge is 0.492 e. The Morgan fingerprint density at radius 2 is 2.19 bits per heavy atom. The summed E-state index contributed by atoms with van der Waals surface area (Å²) in [6.07, 6.45) is 3.37. The minimum Gasteiger partial charge on any atom is -0.492 e. The molecule has 2 heterocycles. The van der Waals surface area contributed by atoms with Gasteiger partial charge in [-0.3, -0.25) is 9.48 Å². The smallest absolute Gasteiger partial charge is 0.326 e. The third-order valence-electron chi connectivity index (χ3n) is 4.86. The number of benzene rings is 1. The van der Waals surface area contributed by atoms with Crippen LogP contribution in [0.5, 0.6) is 5.75 Å². The van der Waals surface area contributed by atoms with E-state index < -0.39 is 17.9 Å². The molecule has 0 bridgehead atoms. The van der Waals surface area contributed by atoms with Gasteiger partial charge in [0.05, 0.1) is 18.4 Å². The van der Waals surface area contributed by atoms with Crippen LogP contribution in [-0.2, 0) is 31.1 Å². The number of aromatic nitrogens is 2. The second kappa shape index (κ2) is 7.19. The standard InChI is InChI=1S/C19H23N3O4/c1-4-12-7-13-5-6-26-17(13)15(8-12)18(23)21-16(19(24)25)9-14-10-20-22(3)11(14)2/h7-8,10,16H,4-6,9H2,1-3H3,(H,21,23)(H,24,25). The third-order valence-corrected chi connectivity index (χ3v) is 4.86. The molecular formula is C19H23N3O4. The number of fused-ring (bicyclic) bond motifs is 1.